The lowest BCUT2D eigenvalue weighted by Gasteiger charge is -2.22. The SMILES string of the molecule is CCCC(C)(N)C(=O)Nc1ccc(CNS(C)(=O)=O)cc1. The van der Waals surface area contributed by atoms with Crippen molar-refractivity contribution in [1.82, 2.24) is 4.72 Å². The Labute approximate surface area is 126 Å². The molecule has 0 saturated heterocycles. The molecule has 4 N–H and O–H groups in total. The highest BCUT2D eigenvalue weighted by Gasteiger charge is 2.26. The third-order valence-electron chi connectivity index (χ3n) is 3.04. The van der Waals surface area contributed by atoms with Crippen LogP contribution >= 0.6 is 0 Å². The zero-order valence-corrected chi connectivity index (χ0v) is 13.5. The largest absolute Gasteiger partial charge is 0.325 e. The minimum Gasteiger partial charge on any atom is -0.325 e. The zero-order valence-electron chi connectivity index (χ0n) is 12.6. The van der Waals surface area contributed by atoms with Crippen molar-refractivity contribution in [2.75, 3.05) is 11.6 Å². The van der Waals surface area contributed by atoms with E-state index in [4.69, 9.17) is 5.73 Å². The second-order valence-corrected chi connectivity index (χ2v) is 7.24. The predicted octanol–water partition coefficient (Wildman–Crippen LogP) is 1.19. The van der Waals surface area contributed by atoms with E-state index in [-0.39, 0.29) is 12.5 Å². The quantitative estimate of drug-likeness (QED) is 0.704. The van der Waals surface area contributed by atoms with Crippen molar-refractivity contribution < 1.29 is 13.2 Å². The fourth-order valence-corrected chi connectivity index (χ4v) is 2.26. The Morgan fingerprint density at radius 3 is 2.33 bits per heavy atom. The van der Waals surface area contributed by atoms with Crippen molar-refractivity contribution >= 4 is 21.6 Å². The molecule has 0 aromatic heterocycles. The lowest BCUT2D eigenvalue weighted by atomic mass is 9.96. The molecule has 1 aromatic rings. The van der Waals surface area contributed by atoms with Crippen LogP contribution in [0.25, 0.3) is 0 Å². The molecule has 1 amide bonds. The zero-order chi connectivity index (χ0) is 16.1. The van der Waals surface area contributed by atoms with Crippen LogP contribution in [0.15, 0.2) is 24.3 Å². The van der Waals surface area contributed by atoms with E-state index < -0.39 is 15.6 Å². The number of sulfonamides is 1. The Bertz CT molecular complexity index is 580. The average molecular weight is 313 g/mol. The molecule has 0 heterocycles. The first-order chi connectivity index (χ1) is 9.64. The van der Waals surface area contributed by atoms with Gasteiger partial charge in [-0.05, 0) is 31.0 Å². The van der Waals surface area contributed by atoms with Crippen LogP contribution in [0.3, 0.4) is 0 Å². The highest BCUT2D eigenvalue weighted by atomic mass is 32.2. The molecule has 0 aliphatic heterocycles. The summed E-state index contributed by atoms with van der Waals surface area (Å²) in [7, 11) is -3.21. The average Bonchev–Trinajstić information content (AvgIpc) is 2.37. The maximum atomic E-state index is 12.0. The normalized spacial score (nSPS) is 14.5. The Morgan fingerprint density at radius 2 is 1.86 bits per heavy atom. The van der Waals surface area contributed by atoms with Crippen molar-refractivity contribution in [3.05, 3.63) is 29.8 Å². The van der Waals surface area contributed by atoms with E-state index in [1.807, 2.05) is 6.92 Å². The summed E-state index contributed by atoms with van der Waals surface area (Å²) in [5.74, 6) is -0.230. The standard InChI is InChI=1S/C14H23N3O3S/c1-4-9-14(2,15)13(18)17-12-7-5-11(6-8-12)10-16-21(3,19)20/h5-8,16H,4,9-10,15H2,1-3H3,(H,17,18). The molecular weight excluding hydrogens is 290 g/mol. The van der Waals surface area contributed by atoms with Crippen LogP contribution in [0.5, 0.6) is 0 Å². The van der Waals surface area contributed by atoms with Gasteiger partial charge in [-0.15, -0.1) is 0 Å². The predicted molar refractivity (Wildman–Crippen MR) is 84.3 cm³/mol. The van der Waals surface area contributed by atoms with Gasteiger partial charge in [0.1, 0.15) is 0 Å². The summed E-state index contributed by atoms with van der Waals surface area (Å²) in [5, 5.41) is 2.76. The Kier molecular flexibility index (Phi) is 5.88. The maximum absolute atomic E-state index is 12.0. The molecule has 118 valence electrons. The number of hydrogen-bond acceptors (Lipinski definition) is 4. The number of nitrogens with one attached hydrogen (secondary N) is 2. The Morgan fingerprint density at radius 1 is 1.29 bits per heavy atom. The van der Waals surface area contributed by atoms with E-state index in [1.165, 1.54) is 0 Å². The molecule has 7 heteroatoms. The molecule has 0 spiro atoms. The summed E-state index contributed by atoms with van der Waals surface area (Å²) >= 11 is 0. The van der Waals surface area contributed by atoms with Gasteiger partial charge in [0.2, 0.25) is 15.9 Å². The molecular formula is C14H23N3O3S. The fourth-order valence-electron chi connectivity index (χ4n) is 1.83. The number of rotatable bonds is 7. The molecule has 1 unspecified atom stereocenters. The molecule has 0 saturated carbocycles. The number of hydrogen-bond donors (Lipinski definition) is 3. The number of amides is 1. The van der Waals surface area contributed by atoms with Gasteiger partial charge in [0.05, 0.1) is 11.8 Å². The van der Waals surface area contributed by atoms with Gasteiger partial charge in [0.25, 0.3) is 0 Å². The summed E-state index contributed by atoms with van der Waals surface area (Å²) < 4.78 is 24.4. The molecule has 0 fully saturated rings. The fraction of sp³-hybridized carbons (Fsp3) is 0.500. The van der Waals surface area contributed by atoms with Crippen molar-refractivity contribution in [3.8, 4) is 0 Å². The van der Waals surface area contributed by atoms with Gasteiger partial charge in [0.15, 0.2) is 0 Å². The molecule has 1 rings (SSSR count). The van der Waals surface area contributed by atoms with E-state index in [0.717, 1.165) is 18.2 Å². The van der Waals surface area contributed by atoms with E-state index in [0.29, 0.717) is 12.1 Å². The van der Waals surface area contributed by atoms with Crippen molar-refractivity contribution in [2.24, 2.45) is 5.73 Å². The number of anilines is 1. The number of carbonyl (C=O) groups excluding carboxylic acids is 1. The highest BCUT2D eigenvalue weighted by molar-refractivity contribution is 7.88. The summed E-state index contributed by atoms with van der Waals surface area (Å²) in [4.78, 5) is 12.0. The lowest BCUT2D eigenvalue weighted by molar-refractivity contribution is -0.120. The Hall–Kier alpha value is -1.44. The summed E-state index contributed by atoms with van der Waals surface area (Å²) in [6, 6.07) is 6.95. The molecule has 0 radical (unpaired) electrons. The highest BCUT2D eigenvalue weighted by Crippen LogP contribution is 2.14. The molecule has 0 aliphatic rings. The third kappa shape index (κ3) is 6.24. The third-order valence-corrected chi connectivity index (χ3v) is 3.71. The van der Waals surface area contributed by atoms with E-state index in [1.54, 1.807) is 31.2 Å². The van der Waals surface area contributed by atoms with Gasteiger partial charge < -0.3 is 11.1 Å². The first kappa shape index (κ1) is 17.6. The molecule has 1 aromatic carbocycles. The van der Waals surface area contributed by atoms with Gasteiger partial charge in [-0.25, -0.2) is 13.1 Å². The van der Waals surface area contributed by atoms with Gasteiger partial charge in [-0.3, -0.25) is 4.79 Å². The van der Waals surface area contributed by atoms with Gasteiger partial charge in [0, 0.05) is 12.2 Å². The van der Waals surface area contributed by atoms with Crippen molar-refractivity contribution in [1.29, 1.82) is 0 Å². The van der Waals surface area contributed by atoms with Gasteiger partial charge in [-0.2, -0.15) is 0 Å². The molecule has 0 bridgehead atoms. The van der Waals surface area contributed by atoms with E-state index >= 15 is 0 Å². The second kappa shape index (κ2) is 7.02. The monoisotopic (exact) mass is 313 g/mol. The summed E-state index contributed by atoms with van der Waals surface area (Å²) in [5.41, 5.74) is 6.50. The van der Waals surface area contributed by atoms with Crippen LogP contribution in [-0.2, 0) is 21.4 Å². The van der Waals surface area contributed by atoms with Crippen LogP contribution in [0, 0.1) is 0 Å². The number of carbonyl (C=O) groups is 1. The van der Waals surface area contributed by atoms with E-state index in [2.05, 4.69) is 10.0 Å². The van der Waals surface area contributed by atoms with Crippen LogP contribution in [0.1, 0.15) is 32.3 Å². The van der Waals surface area contributed by atoms with Crippen LogP contribution in [-0.4, -0.2) is 26.1 Å². The van der Waals surface area contributed by atoms with Crippen molar-refractivity contribution in [2.45, 2.75) is 38.8 Å². The molecule has 0 aliphatic carbocycles. The minimum absolute atomic E-state index is 0.220. The van der Waals surface area contributed by atoms with Gasteiger partial charge in [-0.1, -0.05) is 25.5 Å². The molecule has 21 heavy (non-hydrogen) atoms. The minimum atomic E-state index is -3.21. The first-order valence-corrected chi connectivity index (χ1v) is 8.67. The van der Waals surface area contributed by atoms with Crippen LogP contribution in [0.4, 0.5) is 5.69 Å². The first-order valence-electron chi connectivity index (χ1n) is 6.78. The Balaban J connectivity index is 2.64. The summed E-state index contributed by atoms with van der Waals surface area (Å²) in [6.07, 6.45) is 2.54. The second-order valence-electron chi connectivity index (χ2n) is 5.41. The number of benzene rings is 1. The molecule has 1 atom stereocenters. The smallest absolute Gasteiger partial charge is 0.244 e. The van der Waals surface area contributed by atoms with Crippen LogP contribution in [0.2, 0.25) is 0 Å². The molecule has 6 nitrogen and oxygen atoms in total. The lowest BCUT2D eigenvalue weighted by Crippen LogP contribution is -2.48. The van der Waals surface area contributed by atoms with Crippen LogP contribution < -0.4 is 15.8 Å². The van der Waals surface area contributed by atoms with E-state index in [9.17, 15) is 13.2 Å². The topological polar surface area (TPSA) is 101 Å². The maximum Gasteiger partial charge on any atom is 0.244 e. The van der Waals surface area contributed by atoms with Gasteiger partial charge >= 0.3 is 0 Å². The number of nitrogens with two attached hydrogens (primary N) is 1. The van der Waals surface area contributed by atoms with Crippen molar-refractivity contribution in [3.63, 3.8) is 0 Å². The summed E-state index contributed by atoms with van der Waals surface area (Å²) in [6.45, 7) is 3.90.